The Kier molecular flexibility index (Phi) is 4.41. The van der Waals surface area contributed by atoms with Crippen LogP contribution < -0.4 is 11.1 Å². The molecule has 3 N–H and O–H groups in total. The quantitative estimate of drug-likeness (QED) is 0.605. The molecule has 1 aromatic rings. The maximum atomic E-state index is 6.01. The van der Waals surface area contributed by atoms with Crippen molar-refractivity contribution >= 4 is 34.6 Å². The predicted molar refractivity (Wildman–Crippen MR) is 76.0 cm³/mol. The fourth-order valence-electron chi connectivity index (χ4n) is 2.33. The molecule has 0 heterocycles. The van der Waals surface area contributed by atoms with Crippen molar-refractivity contribution in [3.63, 3.8) is 0 Å². The number of nitrogen functional groups attached to an aromatic ring is 1. The fourth-order valence-corrected chi connectivity index (χ4v) is 2.67. The Morgan fingerprint density at radius 2 is 1.59 bits per heavy atom. The van der Waals surface area contributed by atoms with Crippen LogP contribution in [0.15, 0.2) is 12.1 Å². The Bertz CT molecular complexity index is 385. The first-order chi connectivity index (χ1) is 8.16. The number of anilines is 2. The molecular weight excluding hydrogens is 255 g/mol. The third kappa shape index (κ3) is 3.43. The summed E-state index contributed by atoms with van der Waals surface area (Å²) in [4.78, 5) is 0. The van der Waals surface area contributed by atoms with Gasteiger partial charge in [0.15, 0.2) is 0 Å². The molecule has 0 amide bonds. The van der Waals surface area contributed by atoms with Gasteiger partial charge in [0.2, 0.25) is 0 Å². The standard InChI is InChI=1S/C13H18Cl2N2/c14-10-7-12(16)13(8-11(10)15)17-9-5-3-1-2-4-6-9/h7-9,17H,1-6,16H2. The van der Waals surface area contributed by atoms with E-state index in [1.165, 1.54) is 38.5 Å². The third-order valence-electron chi connectivity index (χ3n) is 3.31. The van der Waals surface area contributed by atoms with Gasteiger partial charge in [-0.05, 0) is 25.0 Å². The van der Waals surface area contributed by atoms with Crippen LogP contribution in [0.1, 0.15) is 38.5 Å². The summed E-state index contributed by atoms with van der Waals surface area (Å²) in [6.07, 6.45) is 7.68. The highest BCUT2D eigenvalue weighted by Gasteiger charge is 2.14. The normalized spacial score (nSPS) is 17.8. The first-order valence-electron chi connectivity index (χ1n) is 6.18. The predicted octanol–water partition coefficient (Wildman–Crippen LogP) is 4.71. The third-order valence-corrected chi connectivity index (χ3v) is 4.03. The van der Waals surface area contributed by atoms with Crippen LogP contribution in [-0.4, -0.2) is 6.04 Å². The number of nitrogens with one attached hydrogen (secondary N) is 1. The molecule has 94 valence electrons. The maximum Gasteiger partial charge on any atom is 0.0614 e. The van der Waals surface area contributed by atoms with Gasteiger partial charge in [0.25, 0.3) is 0 Å². The highest BCUT2D eigenvalue weighted by Crippen LogP contribution is 2.32. The zero-order valence-corrected chi connectivity index (χ0v) is 11.3. The first-order valence-corrected chi connectivity index (χ1v) is 6.93. The van der Waals surface area contributed by atoms with Gasteiger partial charge in [0.1, 0.15) is 0 Å². The molecule has 0 unspecified atom stereocenters. The van der Waals surface area contributed by atoms with Crippen LogP contribution in [0.25, 0.3) is 0 Å². The van der Waals surface area contributed by atoms with E-state index in [-0.39, 0.29) is 0 Å². The topological polar surface area (TPSA) is 38.0 Å². The Hall–Kier alpha value is -0.600. The minimum atomic E-state index is 0.510. The molecule has 1 aliphatic carbocycles. The molecule has 0 saturated heterocycles. The van der Waals surface area contributed by atoms with Gasteiger partial charge in [0, 0.05) is 6.04 Å². The van der Waals surface area contributed by atoms with Crippen molar-refractivity contribution in [2.24, 2.45) is 0 Å². The molecule has 17 heavy (non-hydrogen) atoms. The van der Waals surface area contributed by atoms with Crippen molar-refractivity contribution < 1.29 is 0 Å². The first kappa shape index (κ1) is 12.8. The van der Waals surface area contributed by atoms with Crippen LogP contribution in [-0.2, 0) is 0 Å². The van der Waals surface area contributed by atoms with Crippen molar-refractivity contribution in [1.29, 1.82) is 0 Å². The van der Waals surface area contributed by atoms with Gasteiger partial charge < -0.3 is 11.1 Å². The summed E-state index contributed by atoms with van der Waals surface area (Å²) in [7, 11) is 0. The summed E-state index contributed by atoms with van der Waals surface area (Å²) in [5, 5.41) is 4.55. The van der Waals surface area contributed by atoms with E-state index in [0.717, 1.165) is 5.69 Å². The smallest absolute Gasteiger partial charge is 0.0614 e. The minimum Gasteiger partial charge on any atom is -0.397 e. The molecule has 0 aromatic heterocycles. The Morgan fingerprint density at radius 3 is 2.24 bits per heavy atom. The number of hydrogen-bond donors (Lipinski definition) is 2. The summed E-state index contributed by atoms with van der Waals surface area (Å²) in [6, 6.07) is 4.05. The molecule has 1 fully saturated rings. The van der Waals surface area contributed by atoms with Gasteiger partial charge in [0.05, 0.1) is 21.4 Å². The van der Waals surface area contributed by atoms with E-state index in [2.05, 4.69) is 5.32 Å². The lowest BCUT2D eigenvalue weighted by molar-refractivity contribution is 0.620. The Labute approximate surface area is 112 Å². The molecule has 1 aliphatic rings. The second-order valence-corrected chi connectivity index (χ2v) is 5.50. The number of rotatable bonds is 2. The molecule has 2 nitrogen and oxygen atoms in total. The van der Waals surface area contributed by atoms with Crippen LogP contribution in [0.2, 0.25) is 10.0 Å². The average molecular weight is 273 g/mol. The SMILES string of the molecule is Nc1cc(Cl)c(Cl)cc1NC1CCCCCC1. The van der Waals surface area contributed by atoms with Crippen molar-refractivity contribution in [3.05, 3.63) is 22.2 Å². The molecular formula is C13H18Cl2N2. The lowest BCUT2D eigenvalue weighted by Gasteiger charge is -2.19. The zero-order valence-electron chi connectivity index (χ0n) is 9.81. The largest absolute Gasteiger partial charge is 0.397 e. The zero-order chi connectivity index (χ0) is 12.3. The summed E-state index contributed by atoms with van der Waals surface area (Å²) in [5.74, 6) is 0. The van der Waals surface area contributed by atoms with E-state index in [9.17, 15) is 0 Å². The van der Waals surface area contributed by atoms with E-state index >= 15 is 0 Å². The van der Waals surface area contributed by atoms with Crippen LogP contribution in [0, 0.1) is 0 Å². The second kappa shape index (κ2) is 5.83. The number of benzene rings is 1. The monoisotopic (exact) mass is 272 g/mol. The van der Waals surface area contributed by atoms with Crippen molar-refractivity contribution in [1.82, 2.24) is 0 Å². The Morgan fingerprint density at radius 1 is 1.00 bits per heavy atom. The van der Waals surface area contributed by atoms with E-state index in [4.69, 9.17) is 28.9 Å². The van der Waals surface area contributed by atoms with E-state index < -0.39 is 0 Å². The van der Waals surface area contributed by atoms with Gasteiger partial charge >= 0.3 is 0 Å². The van der Waals surface area contributed by atoms with Gasteiger partial charge in [-0.3, -0.25) is 0 Å². The lowest BCUT2D eigenvalue weighted by atomic mass is 10.1. The van der Waals surface area contributed by atoms with Crippen molar-refractivity contribution in [3.8, 4) is 0 Å². The van der Waals surface area contributed by atoms with Crippen molar-refractivity contribution in [2.75, 3.05) is 11.1 Å². The Balaban J connectivity index is 2.09. The van der Waals surface area contributed by atoms with Crippen LogP contribution >= 0.6 is 23.2 Å². The second-order valence-electron chi connectivity index (χ2n) is 4.69. The molecule has 2 rings (SSSR count). The fraction of sp³-hybridized carbons (Fsp3) is 0.538. The highest BCUT2D eigenvalue weighted by atomic mass is 35.5. The maximum absolute atomic E-state index is 6.01. The lowest BCUT2D eigenvalue weighted by Crippen LogP contribution is -2.19. The molecule has 1 saturated carbocycles. The van der Waals surface area contributed by atoms with E-state index in [0.29, 0.717) is 21.8 Å². The van der Waals surface area contributed by atoms with Gasteiger partial charge in [-0.1, -0.05) is 48.9 Å². The summed E-state index contributed by atoms with van der Waals surface area (Å²) in [5.41, 5.74) is 7.52. The number of hydrogen-bond acceptors (Lipinski definition) is 2. The van der Waals surface area contributed by atoms with Crippen molar-refractivity contribution in [2.45, 2.75) is 44.6 Å². The molecule has 0 radical (unpaired) electrons. The highest BCUT2D eigenvalue weighted by molar-refractivity contribution is 6.42. The number of halogens is 2. The van der Waals surface area contributed by atoms with Crippen LogP contribution in [0.4, 0.5) is 11.4 Å². The molecule has 0 bridgehead atoms. The summed E-state index contributed by atoms with van der Waals surface area (Å²) < 4.78 is 0. The molecule has 0 aliphatic heterocycles. The van der Waals surface area contributed by atoms with Crippen LogP contribution in [0.5, 0.6) is 0 Å². The van der Waals surface area contributed by atoms with E-state index in [1.54, 1.807) is 6.07 Å². The van der Waals surface area contributed by atoms with Gasteiger partial charge in [-0.2, -0.15) is 0 Å². The van der Waals surface area contributed by atoms with Gasteiger partial charge in [-0.15, -0.1) is 0 Å². The molecule has 4 heteroatoms. The van der Waals surface area contributed by atoms with Crippen LogP contribution in [0.3, 0.4) is 0 Å². The molecule has 0 atom stereocenters. The van der Waals surface area contributed by atoms with E-state index in [1.807, 2.05) is 6.07 Å². The summed E-state index contributed by atoms with van der Waals surface area (Å²) in [6.45, 7) is 0. The summed E-state index contributed by atoms with van der Waals surface area (Å²) >= 11 is 11.9. The molecule has 0 spiro atoms. The average Bonchev–Trinajstić information content (AvgIpc) is 2.54. The van der Waals surface area contributed by atoms with Gasteiger partial charge in [-0.25, -0.2) is 0 Å². The molecule has 1 aromatic carbocycles. The minimum absolute atomic E-state index is 0.510. The number of nitrogens with two attached hydrogens (primary N) is 1.